The minimum absolute atomic E-state index is 0.208. The molecule has 3 aromatic heterocycles. The number of nitrogen functional groups attached to an aromatic ring is 1. The molecule has 0 fully saturated rings. The minimum atomic E-state index is 0.208. The first-order chi connectivity index (χ1) is 11.2. The molecule has 0 amide bonds. The van der Waals surface area contributed by atoms with Gasteiger partial charge in [-0.1, -0.05) is 0 Å². The van der Waals surface area contributed by atoms with Crippen LogP contribution in [0.25, 0.3) is 11.2 Å². The van der Waals surface area contributed by atoms with Crippen LogP contribution in [0.15, 0.2) is 24.5 Å². The Morgan fingerprint density at radius 2 is 2.13 bits per heavy atom. The van der Waals surface area contributed by atoms with Crippen molar-refractivity contribution in [3.8, 4) is 6.01 Å². The Kier molecular flexibility index (Phi) is 4.70. The van der Waals surface area contributed by atoms with Gasteiger partial charge in [0.05, 0.1) is 0 Å². The van der Waals surface area contributed by atoms with Crippen LogP contribution < -0.4 is 15.2 Å². The fraction of sp³-hybridized carbons (Fsp3) is 0.286. The van der Waals surface area contributed by atoms with Gasteiger partial charge in [-0.15, -0.1) is 0 Å². The zero-order valence-corrected chi connectivity index (χ0v) is 14.2. The first kappa shape index (κ1) is 15.7. The predicted molar refractivity (Wildman–Crippen MR) is 85.8 cm³/mol. The Balaban J connectivity index is 1.98. The third-order valence-electron chi connectivity index (χ3n) is 3.15. The third kappa shape index (κ3) is 3.42. The van der Waals surface area contributed by atoms with E-state index < -0.39 is 0 Å². The molecule has 0 saturated carbocycles. The van der Waals surface area contributed by atoms with Gasteiger partial charge in [0.1, 0.15) is 0 Å². The number of anilines is 1. The molecule has 23 heavy (non-hydrogen) atoms. The number of pyridine rings is 1. The van der Waals surface area contributed by atoms with Crippen LogP contribution in [-0.4, -0.2) is 60.8 Å². The molecule has 0 aliphatic rings. The molecule has 0 aliphatic heterocycles. The number of methoxy groups -OCH3 is 1. The standard InChI is InChI=1S/C14H15N6O2Se/c1-21-5-6-22-13-18-11(15)10-12(19-13)20(14(23)17-10)8-9-3-2-4-16-7-9/h2-4,7H,5-6,8H2,1H3,(H2,15,18,19). The molecule has 0 unspecified atom stereocenters. The van der Waals surface area contributed by atoms with E-state index >= 15 is 0 Å². The molecule has 8 nitrogen and oxygen atoms in total. The van der Waals surface area contributed by atoms with E-state index in [2.05, 4.69) is 35.9 Å². The topological polar surface area (TPSA) is 101 Å². The van der Waals surface area contributed by atoms with E-state index in [1.807, 2.05) is 16.7 Å². The zero-order valence-electron chi connectivity index (χ0n) is 12.5. The third-order valence-corrected chi connectivity index (χ3v) is 3.80. The molecule has 0 spiro atoms. The van der Waals surface area contributed by atoms with E-state index in [9.17, 15) is 0 Å². The Hall–Kier alpha value is -2.22. The van der Waals surface area contributed by atoms with Crippen molar-refractivity contribution >= 4 is 37.7 Å². The molecular weight excluding hydrogens is 363 g/mol. The number of fused-ring (bicyclic) bond motifs is 1. The SMILES string of the molecule is COCCOc1nc(N)c2nc([Se])n(Cc3cccnc3)c2n1. The monoisotopic (exact) mass is 379 g/mol. The Bertz CT molecular complexity index is 808. The summed E-state index contributed by atoms with van der Waals surface area (Å²) >= 11 is 2.93. The first-order valence-corrected chi connectivity index (χ1v) is 7.76. The van der Waals surface area contributed by atoms with Gasteiger partial charge in [0.25, 0.3) is 0 Å². The number of hydrogen-bond donors (Lipinski definition) is 1. The van der Waals surface area contributed by atoms with Crippen LogP contribution in [0.5, 0.6) is 6.01 Å². The number of rotatable bonds is 6. The van der Waals surface area contributed by atoms with Crippen LogP contribution >= 0.6 is 0 Å². The van der Waals surface area contributed by atoms with Crippen LogP contribution in [-0.2, 0) is 11.3 Å². The van der Waals surface area contributed by atoms with Crippen molar-refractivity contribution in [1.82, 2.24) is 24.5 Å². The molecule has 2 N–H and O–H groups in total. The number of nitrogens with zero attached hydrogens (tertiary/aromatic N) is 5. The summed E-state index contributed by atoms with van der Waals surface area (Å²) in [7, 11) is 1.60. The van der Waals surface area contributed by atoms with Gasteiger partial charge in [0.15, 0.2) is 0 Å². The maximum absolute atomic E-state index is 5.97. The summed E-state index contributed by atoms with van der Waals surface area (Å²) in [6.07, 6.45) is 3.53. The summed E-state index contributed by atoms with van der Waals surface area (Å²) in [6, 6.07) is 4.08. The molecule has 3 aromatic rings. The number of nitrogens with two attached hydrogens (primary N) is 1. The van der Waals surface area contributed by atoms with Gasteiger partial charge in [0.2, 0.25) is 0 Å². The molecule has 3 rings (SSSR count). The van der Waals surface area contributed by atoms with Gasteiger partial charge in [-0.3, -0.25) is 0 Å². The molecule has 0 aromatic carbocycles. The van der Waals surface area contributed by atoms with Gasteiger partial charge in [0, 0.05) is 0 Å². The Labute approximate surface area is 140 Å². The Morgan fingerprint density at radius 3 is 2.87 bits per heavy atom. The molecule has 9 heteroatoms. The van der Waals surface area contributed by atoms with E-state index in [1.54, 1.807) is 19.5 Å². The average Bonchev–Trinajstić information content (AvgIpc) is 2.86. The Morgan fingerprint density at radius 1 is 1.26 bits per heavy atom. The molecule has 3 heterocycles. The van der Waals surface area contributed by atoms with Crippen molar-refractivity contribution in [2.24, 2.45) is 0 Å². The van der Waals surface area contributed by atoms with Crippen molar-refractivity contribution in [3.63, 3.8) is 0 Å². The predicted octanol–water partition coefficient (Wildman–Crippen LogP) is -0.329. The normalized spacial score (nSPS) is 11.0. The summed E-state index contributed by atoms with van der Waals surface area (Å²) in [6.45, 7) is 1.37. The quantitative estimate of drug-likeness (QED) is 0.463. The van der Waals surface area contributed by atoms with E-state index in [1.165, 1.54) is 0 Å². The summed E-state index contributed by atoms with van der Waals surface area (Å²) in [5, 5.41) is 0. The molecule has 0 aliphatic carbocycles. The number of hydrogen-bond acceptors (Lipinski definition) is 7. The molecule has 0 bridgehead atoms. The first-order valence-electron chi connectivity index (χ1n) is 6.90. The van der Waals surface area contributed by atoms with Gasteiger partial charge >= 0.3 is 140 Å². The molecule has 0 saturated heterocycles. The summed E-state index contributed by atoms with van der Waals surface area (Å²) in [5.74, 6) is 0.281. The second-order valence-electron chi connectivity index (χ2n) is 4.75. The second kappa shape index (κ2) is 6.91. The average molecular weight is 378 g/mol. The summed E-state index contributed by atoms with van der Waals surface area (Å²) in [4.78, 5) is 17.1. The van der Waals surface area contributed by atoms with Gasteiger partial charge < -0.3 is 0 Å². The van der Waals surface area contributed by atoms with Crippen molar-refractivity contribution < 1.29 is 9.47 Å². The fourth-order valence-electron chi connectivity index (χ4n) is 2.08. The van der Waals surface area contributed by atoms with Crippen molar-refractivity contribution in [3.05, 3.63) is 30.1 Å². The van der Waals surface area contributed by atoms with Crippen LogP contribution in [0.1, 0.15) is 5.56 Å². The summed E-state index contributed by atoms with van der Waals surface area (Å²) < 4.78 is 13.0. The van der Waals surface area contributed by atoms with Gasteiger partial charge in [-0.05, 0) is 0 Å². The molecular formula is C14H15N6O2Se. The molecule has 1 radical (unpaired) electrons. The maximum atomic E-state index is 5.97. The van der Waals surface area contributed by atoms with Crippen LogP contribution in [0, 0.1) is 0 Å². The van der Waals surface area contributed by atoms with Crippen molar-refractivity contribution in [2.75, 3.05) is 26.1 Å². The number of ether oxygens (including phenoxy) is 2. The van der Waals surface area contributed by atoms with Crippen molar-refractivity contribution in [2.45, 2.75) is 6.54 Å². The summed E-state index contributed by atoms with van der Waals surface area (Å²) in [5.41, 5.74) is 8.16. The van der Waals surface area contributed by atoms with Crippen LogP contribution in [0.3, 0.4) is 0 Å². The van der Waals surface area contributed by atoms with Crippen molar-refractivity contribution in [1.29, 1.82) is 0 Å². The number of imidazole rings is 1. The van der Waals surface area contributed by atoms with Crippen LogP contribution in [0.4, 0.5) is 5.82 Å². The molecule has 0 atom stereocenters. The number of aromatic nitrogens is 5. The second-order valence-corrected chi connectivity index (χ2v) is 5.51. The molecule has 119 valence electrons. The fourth-order valence-corrected chi connectivity index (χ4v) is 2.59. The van der Waals surface area contributed by atoms with E-state index in [0.717, 1.165) is 5.56 Å². The van der Waals surface area contributed by atoms with E-state index in [0.29, 0.717) is 35.6 Å². The van der Waals surface area contributed by atoms with Gasteiger partial charge in [-0.25, -0.2) is 0 Å². The van der Waals surface area contributed by atoms with Crippen LogP contribution in [0.2, 0.25) is 0 Å². The zero-order chi connectivity index (χ0) is 16.2. The van der Waals surface area contributed by atoms with E-state index in [4.69, 9.17) is 15.2 Å². The van der Waals surface area contributed by atoms with E-state index in [-0.39, 0.29) is 11.8 Å². The van der Waals surface area contributed by atoms with Gasteiger partial charge in [-0.2, -0.15) is 0 Å².